The van der Waals surface area contributed by atoms with Crippen molar-refractivity contribution in [3.8, 4) is 0 Å². The fraction of sp³-hybridized carbons (Fsp3) is 0.533. The molecule has 1 rings (SSSR count). The Labute approximate surface area is 126 Å². The molecule has 1 aromatic rings. The number of aryl methyl sites for hydroxylation is 3. The number of sulfonamides is 1. The summed E-state index contributed by atoms with van der Waals surface area (Å²) in [6.45, 7) is 8.99. The van der Waals surface area contributed by atoms with Gasteiger partial charge in [0.15, 0.2) is 0 Å². The standard InChI is InChI=1S/C15H23NO4S/c1-9(2)13(8-14(17)18)16-21(19,20)15-11(4)6-10(3)7-12(15)5/h6-7,9,13,16H,8H2,1-5H3,(H,17,18). The Morgan fingerprint density at radius 1 is 1.19 bits per heavy atom. The molecule has 6 heteroatoms. The van der Waals surface area contributed by atoms with Crippen LogP contribution in [0.15, 0.2) is 17.0 Å². The molecule has 2 N–H and O–H groups in total. The van der Waals surface area contributed by atoms with Gasteiger partial charge in [0, 0.05) is 6.04 Å². The second kappa shape index (κ2) is 6.58. The van der Waals surface area contributed by atoms with E-state index in [1.165, 1.54) is 0 Å². The van der Waals surface area contributed by atoms with Crippen LogP contribution in [0.3, 0.4) is 0 Å². The highest BCUT2D eigenvalue weighted by molar-refractivity contribution is 7.89. The maximum absolute atomic E-state index is 12.6. The number of hydrogen-bond donors (Lipinski definition) is 2. The van der Waals surface area contributed by atoms with Crippen molar-refractivity contribution in [2.45, 2.75) is 52.0 Å². The third kappa shape index (κ3) is 4.54. The topological polar surface area (TPSA) is 83.5 Å². The molecule has 1 aromatic carbocycles. The van der Waals surface area contributed by atoms with Crippen molar-refractivity contribution < 1.29 is 18.3 Å². The predicted octanol–water partition coefficient (Wildman–Crippen LogP) is 2.39. The molecule has 5 nitrogen and oxygen atoms in total. The van der Waals surface area contributed by atoms with Crippen LogP contribution in [0.2, 0.25) is 0 Å². The Morgan fingerprint density at radius 3 is 2.05 bits per heavy atom. The lowest BCUT2D eigenvalue weighted by molar-refractivity contribution is -0.137. The lowest BCUT2D eigenvalue weighted by Crippen LogP contribution is -2.40. The summed E-state index contributed by atoms with van der Waals surface area (Å²) >= 11 is 0. The van der Waals surface area contributed by atoms with E-state index in [4.69, 9.17) is 5.11 Å². The van der Waals surface area contributed by atoms with Crippen LogP contribution in [0.25, 0.3) is 0 Å². The van der Waals surface area contributed by atoms with Crippen LogP contribution in [-0.2, 0) is 14.8 Å². The average Bonchev–Trinajstić information content (AvgIpc) is 2.24. The Bertz CT molecular complexity index is 612. The summed E-state index contributed by atoms with van der Waals surface area (Å²) in [4.78, 5) is 11.1. The van der Waals surface area contributed by atoms with Crippen molar-refractivity contribution in [3.05, 3.63) is 28.8 Å². The van der Waals surface area contributed by atoms with E-state index in [1.807, 2.05) is 19.1 Å². The Kier molecular flexibility index (Phi) is 5.53. The zero-order valence-electron chi connectivity index (χ0n) is 13.1. The third-order valence-corrected chi connectivity index (χ3v) is 5.17. The molecule has 0 aromatic heterocycles. The largest absolute Gasteiger partial charge is 0.481 e. The highest BCUT2D eigenvalue weighted by atomic mass is 32.2. The van der Waals surface area contributed by atoms with Crippen LogP contribution in [0.4, 0.5) is 0 Å². The minimum absolute atomic E-state index is 0.109. The van der Waals surface area contributed by atoms with E-state index in [0.29, 0.717) is 11.1 Å². The maximum atomic E-state index is 12.6. The molecular weight excluding hydrogens is 290 g/mol. The van der Waals surface area contributed by atoms with Crippen LogP contribution >= 0.6 is 0 Å². The number of carbonyl (C=O) groups is 1. The van der Waals surface area contributed by atoms with Crippen molar-refractivity contribution in [2.24, 2.45) is 5.92 Å². The summed E-state index contributed by atoms with van der Waals surface area (Å²) in [7, 11) is -3.74. The van der Waals surface area contributed by atoms with E-state index in [0.717, 1.165) is 5.56 Å². The molecule has 0 aliphatic rings. The van der Waals surface area contributed by atoms with Crippen LogP contribution in [0.5, 0.6) is 0 Å². The van der Waals surface area contributed by atoms with Gasteiger partial charge in [-0.15, -0.1) is 0 Å². The summed E-state index contributed by atoms with van der Waals surface area (Å²) < 4.78 is 27.7. The number of carboxylic acids is 1. The quantitative estimate of drug-likeness (QED) is 0.844. The first-order valence-corrected chi connectivity index (χ1v) is 8.35. The zero-order valence-corrected chi connectivity index (χ0v) is 13.9. The van der Waals surface area contributed by atoms with E-state index in [1.54, 1.807) is 27.7 Å². The Morgan fingerprint density at radius 2 is 1.67 bits per heavy atom. The van der Waals surface area contributed by atoms with Crippen LogP contribution < -0.4 is 4.72 Å². The van der Waals surface area contributed by atoms with Crippen molar-refractivity contribution in [2.75, 3.05) is 0 Å². The smallest absolute Gasteiger partial charge is 0.304 e. The number of hydrogen-bond acceptors (Lipinski definition) is 3. The molecular formula is C15H23NO4S. The van der Waals surface area contributed by atoms with Gasteiger partial charge in [-0.3, -0.25) is 4.79 Å². The van der Waals surface area contributed by atoms with Crippen molar-refractivity contribution in [1.82, 2.24) is 4.72 Å². The predicted molar refractivity (Wildman–Crippen MR) is 81.9 cm³/mol. The second-order valence-electron chi connectivity index (χ2n) is 5.80. The lowest BCUT2D eigenvalue weighted by atomic mass is 10.0. The third-order valence-electron chi connectivity index (χ3n) is 3.38. The van der Waals surface area contributed by atoms with E-state index >= 15 is 0 Å². The van der Waals surface area contributed by atoms with Gasteiger partial charge in [-0.1, -0.05) is 31.5 Å². The molecule has 21 heavy (non-hydrogen) atoms. The molecule has 0 spiro atoms. The van der Waals surface area contributed by atoms with Gasteiger partial charge in [0.05, 0.1) is 11.3 Å². The Balaban J connectivity index is 3.20. The summed E-state index contributed by atoms with van der Waals surface area (Å²) in [5, 5.41) is 8.91. The van der Waals surface area contributed by atoms with Crippen LogP contribution in [-0.4, -0.2) is 25.5 Å². The van der Waals surface area contributed by atoms with E-state index < -0.39 is 22.0 Å². The normalized spacial score (nSPS) is 13.4. The van der Waals surface area contributed by atoms with Crippen molar-refractivity contribution in [1.29, 1.82) is 0 Å². The van der Waals surface area contributed by atoms with Crippen molar-refractivity contribution >= 4 is 16.0 Å². The number of nitrogens with one attached hydrogen (secondary N) is 1. The maximum Gasteiger partial charge on any atom is 0.304 e. The number of aliphatic carboxylic acids is 1. The lowest BCUT2D eigenvalue weighted by Gasteiger charge is -2.22. The van der Waals surface area contributed by atoms with E-state index in [-0.39, 0.29) is 17.2 Å². The van der Waals surface area contributed by atoms with Gasteiger partial charge in [0.2, 0.25) is 10.0 Å². The van der Waals surface area contributed by atoms with E-state index in [2.05, 4.69) is 4.72 Å². The molecule has 0 aliphatic carbocycles. The van der Waals surface area contributed by atoms with Gasteiger partial charge in [-0.25, -0.2) is 13.1 Å². The molecule has 1 atom stereocenters. The van der Waals surface area contributed by atoms with Gasteiger partial charge < -0.3 is 5.11 Å². The molecule has 0 aliphatic heterocycles. The average molecular weight is 313 g/mol. The zero-order chi connectivity index (χ0) is 16.4. The van der Waals surface area contributed by atoms with Gasteiger partial charge >= 0.3 is 5.97 Å². The second-order valence-corrected chi connectivity index (χ2v) is 7.45. The van der Waals surface area contributed by atoms with Gasteiger partial charge in [0.25, 0.3) is 0 Å². The first kappa shape index (κ1) is 17.7. The number of benzene rings is 1. The summed E-state index contributed by atoms with van der Waals surface area (Å²) in [5.41, 5.74) is 2.32. The molecule has 118 valence electrons. The van der Waals surface area contributed by atoms with Gasteiger partial charge in [0.1, 0.15) is 0 Å². The van der Waals surface area contributed by atoms with E-state index in [9.17, 15) is 13.2 Å². The Hall–Kier alpha value is -1.40. The van der Waals surface area contributed by atoms with Gasteiger partial charge in [-0.05, 0) is 37.8 Å². The summed E-state index contributed by atoms with van der Waals surface area (Å²) in [6, 6.07) is 2.99. The fourth-order valence-corrected chi connectivity index (χ4v) is 4.29. The van der Waals surface area contributed by atoms with Crippen molar-refractivity contribution in [3.63, 3.8) is 0 Å². The molecule has 0 radical (unpaired) electrons. The first-order chi connectivity index (χ1) is 9.54. The number of rotatable bonds is 6. The number of carboxylic acid groups (broad SMARTS) is 1. The van der Waals surface area contributed by atoms with Crippen LogP contribution in [0.1, 0.15) is 37.0 Å². The van der Waals surface area contributed by atoms with Crippen LogP contribution in [0, 0.1) is 26.7 Å². The molecule has 0 heterocycles. The highest BCUT2D eigenvalue weighted by Crippen LogP contribution is 2.23. The molecule has 0 amide bonds. The minimum Gasteiger partial charge on any atom is -0.481 e. The van der Waals surface area contributed by atoms with Gasteiger partial charge in [-0.2, -0.15) is 0 Å². The monoisotopic (exact) mass is 313 g/mol. The summed E-state index contributed by atoms with van der Waals surface area (Å²) in [6.07, 6.45) is -0.235. The SMILES string of the molecule is Cc1cc(C)c(S(=O)(=O)NC(CC(=O)O)C(C)C)c(C)c1. The molecule has 0 bridgehead atoms. The molecule has 0 saturated heterocycles. The fourth-order valence-electron chi connectivity index (χ4n) is 2.45. The molecule has 0 saturated carbocycles. The molecule has 0 fully saturated rings. The first-order valence-electron chi connectivity index (χ1n) is 6.86. The minimum atomic E-state index is -3.74. The molecule has 1 unspecified atom stereocenters. The summed E-state index contributed by atoms with van der Waals surface area (Å²) in [5.74, 6) is -1.13. The highest BCUT2D eigenvalue weighted by Gasteiger charge is 2.26.